The van der Waals surface area contributed by atoms with Crippen molar-refractivity contribution < 1.29 is 23.2 Å². The molecular weight excluding hydrogens is 532 g/mol. The number of hydrogen-bond acceptors (Lipinski definition) is 6. The minimum Gasteiger partial charge on any atom is -0.364 e. The smallest absolute Gasteiger partial charge is 0.269 e. The molecule has 1 aliphatic heterocycles. The van der Waals surface area contributed by atoms with Crippen LogP contribution in [0, 0.1) is 5.82 Å². The molecule has 0 radical (unpaired) electrons. The molecule has 13 heteroatoms. The van der Waals surface area contributed by atoms with Gasteiger partial charge >= 0.3 is 0 Å². The lowest BCUT2D eigenvalue weighted by Gasteiger charge is -2.23. The summed E-state index contributed by atoms with van der Waals surface area (Å²) < 4.78 is 29.3. The van der Waals surface area contributed by atoms with Crippen molar-refractivity contribution in [3.8, 4) is 11.1 Å². The van der Waals surface area contributed by atoms with Crippen molar-refractivity contribution in [2.45, 2.75) is 31.7 Å². The topological polar surface area (TPSA) is 136 Å². The van der Waals surface area contributed by atoms with Gasteiger partial charge in [-0.25, -0.2) is 8.78 Å². The third kappa shape index (κ3) is 5.55. The normalized spacial score (nSPS) is 16.9. The maximum absolute atomic E-state index is 14.4. The number of rotatable bonds is 7. The lowest BCUT2D eigenvalue weighted by atomic mass is 10.0. The number of primary amides is 1. The molecule has 3 amide bonds. The highest BCUT2D eigenvalue weighted by Crippen LogP contribution is 2.27. The molecule has 200 valence electrons. The molecule has 2 atom stereocenters. The van der Waals surface area contributed by atoms with E-state index in [0.29, 0.717) is 16.5 Å². The van der Waals surface area contributed by atoms with Crippen molar-refractivity contribution in [3.63, 3.8) is 0 Å². The zero-order valence-electron chi connectivity index (χ0n) is 20.4. The molecule has 10 nitrogen and oxygen atoms in total. The second-order valence-corrected chi connectivity index (χ2v) is 9.56. The van der Waals surface area contributed by atoms with Gasteiger partial charge in [0.1, 0.15) is 24.6 Å². The van der Waals surface area contributed by atoms with Gasteiger partial charge in [-0.1, -0.05) is 17.7 Å². The molecule has 3 N–H and O–H groups in total. The number of amides is 3. The number of carbonyl (C=O) groups excluding carboxylic acids is 3. The first kappa shape index (κ1) is 26.2. The first-order chi connectivity index (χ1) is 18.7. The number of nitrogens with one attached hydrogen (secondary N) is 1. The summed E-state index contributed by atoms with van der Waals surface area (Å²) in [6.45, 7) is -0.674. The van der Waals surface area contributed by atoms with Gasteiger partial charge in [-0.05, 0) is 47.5 Å². The van der Waals surface area contributed by atoms with E-state index in [-0.39, 0.29) is 36.8 Å². The van der Waals surface area contributed by atoms with Crippen LogP contribution in [-0.2, 0) is 22.7 Å². The second-order valence-electron chi connectivity index (χ2n) is 9.12. The number of benzene rings is 2. The summed E-state index contributed by atoms with van der Waals surface area (Å²) in [5, 5.41) is 15.1. The number of alkyl halides is 1. The van der Waals surface area contributed by atoms with Crippen molar-refractivity contribution in [3.05, 3.63) is 77.0 Å². The second kappa shape index (κ2) is 10.7. The number of carbonyl (C=O) groups is 3. The molecule has 2 aromatic carbocycles. The van der Waals surface area contributed by atoms with E-state index in [4.69, 9.17) is 17.3 Å². The highest BCUT2D eigenvalue weighted by Gasteiger charge is 2.40. The Morgan fingerprint density at radius 1 is 1.10 bits per heavy atom. The predicted molar refractivity (Wildman–Crippen MR) is 138 cm³/mol. The summed E-state index contributed by atoms with van der Waals surface area (Å²) >= 11 is 5.86. The molecule has 3 heterocycles. The number of likely N-dealkylation sites (tertiary alicyclic amines) is 1. The SMILES string of the molecule is NC(=O)c1nn(CC(=O)N2CC(F)CC2C(=O)NCc2cc(F)cc(Cl)c2)c2ccc(-c3ccnnc3)cc12. The quantitative estimate of drug-likeness (QED) is 0.361. The Morgan fingerprint density at radius 3 is 2.64 bits per heavy atom. The fraction of sp³-hybridized carbons (Fsp3) is 0.231. The maximum Gasteiger partial charge on any atom is 0.269 e. The average Bonchev–Trinajstić information content (AvgIpc) is 3.48. The van der Waals surface area contributed by atoms with Crippen LogP contribution < -0.4 is 11.1 Å². The molecule has 5 rings (SSSR count). The molecule has 1 aliphatic rings. The van der Waals surface area contributed by atoms with Gasteiger partial charge in [0.05, 0.1) is 24.5 Å². The molecule has 0 aliphatic carbocycles. The van der Waals surface area contributed by atoms with Gasteiger partial charge in [0.25, 0.3) is 5.91 Å². The van der Waals surface area contributed by atoms with Gasteiger partial charge in [0.2, 0.25) is 11.8 Å². The number of fused-ring (bicyclic) bond motifs is 1. The number of nitrogens with zero attached hydrogens (tertiary/aromatic N) is 5. The monoisotopic (exact) mass is 553 g/mol. The van der Waals surface area contributed by atoms with Crippen molar-refractivity contribution in [1.29, 1.82) is 0 Å². The average molecular weight is 554 g/mol. The van der Waals surface area contributed by atoms with E-state index in [9.17, 15) is 23.2 Å². The fourth-order valence-corrected chi connectivity index (χ4v) is 4.92. The van der Waals surface area contributed by atoms with E-state index in [1.807, 2.05) is 0 Å². The predicted octanol–water partition coefficient (Wildman–Crippen LogP) is 2.64. The number of aromatic nitrogens is 4. The van der Waals surface area contributed by atoms with Gasteiger partial charge in [0.15, 0.2) is 5.69 Å². The lowest BCUT2D eigenvalue weighted by Crippen LogP contribution is -2.46. The summed E-state index contributed by atoms with van der Waals surface area (Å²) in [4.78, 5) is 39.4. The van der Waals surface area contributed by atoms with Crippen LogP contribution >= 0.6 is 11.6 Å². The minimum atomic E-state index is -1.40. The van der Waals surface area contributed by atoms with Gasteiger partial charge in [0, 0.05) is 28.9 Å². The lowest BCUT2D eigenvalue weighted by molar-refractivity contribution is -0.139. The van der Waals surface area contributed by atoms with Crippen molar-refractivity contribution in [2.75, 3.05) is 6.54 Å². The number of hydrogen-bond donors (Lipinski definition) is 2. The van der Waals surface area contributed by atoms with Crippen LogP contribution in [0.25, 0.3) is 22.0 Å². The Kier molecular flexibility index (Phi) is 7.20. The molecular formula is C26H22ClF2N7O3. The van der Waals surface area contributed by atoms with E-state index in [2.05, 4.69) is 20.6 Å². The largest absolute Gasteiger partial charge is 0.364 e. The van der Waals surface area contributed by atoms with Crippen molar-refractivity contribution in [2.24, 2.45) is 5.73 Å². The van der Waals surface area contributed by atoms with Gasteiger partial charge in [-0.15, -0.1) is 0 Å². The van der Waals surface area contributed by atoms with Crippen LogP contribution in [0.2, 0.25) is 5.02 Å². The standard InChI is InChI=1S/C26H22ClF2N7O3/c27-17-5-14(6-18(28)8-17)10-31-26(39)22-9-19(29)12-35(22)23(37)13-36-21-2-1-15(16-3-4-32-33-11-16)7-20(21)24(34-36)25(30)38/h1-8,11,19,22H,9-10,12-13H2,(H2,30,38)(H,31,39). The van der Waals surface area contributed by atoms with Crippen molar-refractivity contribution in [1.82, 2.24) is 30.2 Å². The summed E-state index contributed by atoms with van der Waals surface area (Å²) in [5.41, 5.74) is 7.89. The zero-order chi connectivity index (χ0) is 27.7. The summed E-state index contributed by atoms with van der Waals surface area (Å²) in [6.07, 6.45) is 1.51. The summed E-state index contributed by atoms with van der Waals surface area (Å²) in [5.74, 6) is -2.48. The molecule has 0 spiro atoms. The highest BCUT2D eigenvalue weighted by atomic mass is 35.5. The van der Waals surface area contributed by atoms with E-state index in [1.165, 1.54) is 23.0 Å². The minimum absolute atomic E-state index is 0.0329. The molecule has 2 aromatic heterocycles. The van der Waals surface area contributed by atoms with E-state index >= 15 is 0 Å². The molecule has 39 heavy (non-hydrogen) atoms. The Bertz CT molecular complexity index is 1560. The van der Waals surface area contributed by atoms with Crippen LogP contribution in [0.4, 0.5) is 8.78 Å². The van der Waals surface area contributed by atoms with Crippen LogP contribution in [-0.4, -0.2) is 61.4 Å². The van der Waals surface area contributed by atoms with Crippen molar-refractivity contribution >= 4 is 40.2 Å². The van der Waals surface area contributed by atoms with Gasteiger partial charge < -0.3 is 16.0 Å². The fourth-order valence-electron chi connectivity index (χ4n) is 4.67. The molecule has 1 saturated heterocycles. The van der Waals surface area contributed by atoms with E-state index in [1.54, 1.807) is 30.5 Å². The Hall–Kier alpha value is -4.45. The van der Waals surface area contributed by atoms with E-state index < -0.39 is 35.8 Å². The van der Waals surface area contributed by atoms with Crippen LogP contribution in [0.3, 0.4) is 0 Å². The van der Waals surface area contributed by atoms with Crippen LogP contribution in [0.1, 0.15) is 22.5 Å². The Labute approximate surface area is 225 Å². The summed E-state index contributed by atoms with van der Waals surface area (Å²) in [6, 6.07) is 9.71. The Morgan fingerprint density at radius 2 is 1.92 bits per heavy atom. The number of halogens is 3. The molecule has 4 aromatic rings. The molecule has 1 fully saturated rings. The Balaban J connectivity index is 1.36. The van der Waals surface area contributed by atoms with Gasteiger partial charge in [-0.2, -0.15) is 15.3 Å². The maximum atomic E-state index is 14.4. The molecule has 0 saturated carbocycles. The van der Waals surface area contributed by atoms with Crippen LogP contribution in [0.15, 0.2) is 54.9 Å². The van der Waals surface area contributed by atoms with Crippen LogP contribution in [0.5, 0.6) is 0 Å². The first-order valence-electron chi connectivity index (χ1n) is 11.9. The molecule has 0 bridgehead atoms. The third-order valence-corrected chi connectivity index (χ3v) is 6.67. The number of nitrogens with two attached hydrogens (primary N) is 1. The van der Waals surface area contributed by atoms with E-state index in [0.717, 1.165) is 22.1 Å². The highest BCUT2D eigenvalue weighted by molar-refractivity contribution is 6.30. The third-order valence-electron chi connectivity index (χ3n) is 6.45. The van der Waals surface area contributed by atoms with Gasteiger partial charge in [-0.3, -0.25) is 19.1 Å². The molecule has 2 unspecified atom stereocenters. The summed E-state index contributed by atoms with van der Waals surface area (Å²) in [7, 11) is 0. The zero-order valence-corrected chi connectivity index (χ0v) is 21.1. The first-order valence-corrected chi connectivity index (χ1v) is 12.3.